The van der Waals surface area contributed by atoms with Crippen LogP contribution in [0.1, 0.15) is 19.8 Å². The van der Waals surface area contributed by atoms with Gasteiger partial charge in [0.05, 0.1) is 0 Å². The van der Waals surface area contributed by atoms with E-state index in [1.807, 2.05) is 6.92 Å². The molecule has 2 atom stereocenters. The molecule has 2 N–H and O–H groups in total. The number of nitrogens with two attached hydrogens (primary N) is 1. The lowest BCUT2D eigenvalue weighted by atomic mass is 10.1. The van der Waals surface area contributed by atoms with Crippen molar-refractivity contribution in [3.8, 4) is 0 Å². The molecule has 0 spiro atoms. The summed E-state index contributed by atoms with van der Waals surface area (Å²) >= 11 is 0.928. The highest BCUT2D eigenvalue weighted by atomic mass is 32.2. The van der Waals surface area contributed by atoms with Gasteiger partial charge in [0.2, 0.25) is 9.47 Å². The Morgan fingerprint density at radius 1 is 1.37 bits per heavy atom. The van der Waals surface area contributed by atoms with Gasteiger partial charge in [0, 0.05) is 25.2 Å². The number of piperazine rings is 1. The summed E-state index contributed by atoms with van der Waals surface area (Å²) in [5.41, 5.74) is 5.48. The van der Waals surface area contributed by atoms with Crippen molar-refractivity contribution in [2.75, 3.05) is 25.4 Å². The third-order valence-corrected chi connectivity index (χ3v) is 6.91. The van der Waals surface area contributed by atoms with E-state index in [4.69, 9.17) is 5.73 Å². The minimum atomic E-state index is -3.56. The number of anilines is 1. The summed E-state index contributed by atoms with van der Waals surface area (Å²) in [5.74, 6) is 0. The van der Waals surface area contributed by atoms with Crippen LogP contribution in [0.15, 0.2) is 4.34 Å². The Hall–Kier alpha value is -0.770. The fraction of sp³-hybridized carbons (Fsp3) is 0.800. The van der Waals surface area contributed by atoms with Gasteiger partial charge < -0.3 is 5.73 Å². The zero-order valence-electron chi connectivity index (χ0n) is 10.7. The molecule has 2 saturated heterocycles. The first kappa shape index (κ1) is 13.2. The molecule has 3 heterocycles. The third-order valence-electron chi connectivity index (χ3n) is 3.83. The highest BCUT2D eigenvalue weighted by molar-refractivity contribution is 7.91. The Balaban J connectivity index is 1.88. The number of sulfonamides is 1. The molecular weight excluding hydrogens is 286 g/mol. The molecule has 19 heavy (non-hydrogen) atoms. The zero-order valence-corrected chi connectivity index (χ0v) is 12.3. The lowest BCUT2D eigenvalue weighted by Gasteiger charge is -2.40. The van der Waals surface area contributed by atoms with Crippen molar-refractivity contribution >= 4 is 26.5 Å². The lowest BCUT2D eigenvalue weighted by molar-refractivity contribution is 0.117. The van der Waals surface area contributed by atoms with Crippen molar-refractivity contribution in [2.24, 2.45) is 0 Å². The highest BCUT2D eigenvalue weighted by Crippen LogP contribution is 2.30. The average molecular weight is 303 g/mol. The van der Waals surface area contributed by atoms with E-state index in [9.17, 15) is 8.42 Å². The SMILES string of the molecule is CC1CN2CCCC2CN1S(=O)(=O)c1nnc(N)s1. The van der Waals surface area contributed by atoms with Gasteiger partial charge in [-0.15, -0.1) is 10.2 Å². The molecule has 0 aliphatic carbocycles. The summed E-state index contributed by atoms with van der Waals surface area (Å²) in [6.07, 6.45) is 2.22. The van der Waals surface area contributed by atoms with E-state index in [1.54, 1.807) is 4.31 Å². The van der Waals surface area contributed by atoms with Gasteiger partial charge in [-0.2, -0.15) is 4.31 Å². The fourth-order valence-corrected chi connectivity index (χ4v) is 5.48. The second-order valence-corrected chi connectivity index (χ2v) is 8.19. The van der Waals surface area contributed by atoms with E-state index in [2.05, 4.69) is 15.1 Å². The Morgan fingerprint density at radius 3 is 2.84 bits per heavy atom. The minimum Gasteiger partial charge on any atom is -0.374 e. The predicted molar refractivity (Wildman–Crippen MR) is 72.3 cm³/mol. The average Bonchev–Trinajstić information content (AvgIpc) is 2.96. The fourth-order valence-electron chi connectivity index (χ4n) is 2.92. The smallest absolute Gasteiger partial charge is 0.272 e. The maximum Gasteiger partial charge on any atom is 0.272 e. The molecule has 2 aliphatic heterocycles. The highest BCUT2D eigenvalue weighted by Gasteiger charge is 2.41. The topological polar surface area (TPSA) is 92.4 Å². The molecule has 2 unspecified atom stereocenters. The van der Waals surface area contributed by atoms with Gasteiger partial charge in [-0.05, 0) is 26.3 Å². The quantitative estimate of drug-likeness (QED) is 0.825. The Morgan fingerprint density at radius 2 is 2.16 bits per heavy atom. The first-order chi connectivity index (χ1) is 8.98. The minimum absolute atomic E-state index is 0.00305. The molecule has 0 amide bonds. The molecule has 0 saturated carbocycles. The molecule has 9 heteroatoms. The Labute approximate surface area is 116 Å². The van der Waals surface area contributed by atoms with Gasteiger partial charge in [0.25, 0.3) is 10.0 Å². The zero-order chi connectivity index (χ0) is 13.6. The van der Waals surface area contributed by atoms with Crippen molar-refractivity contribution in [3.63, 3.8) is 0 Å². The number of rotatable bonds is 2. The number of hydrogen-bond donors (Lipinski definition) is 1. The second-order valence-electron chi connectivity index (χ2n) is 5.12. The number of nitrogen functional groups attached to an aromatic ring is 1. The number of fused-ring (bicyclic) bond motifs is 1. The maximum absolute atomic E-state index is 12.6. The molecule has 0 aromatic carbocycles. The van der Waals surface area contributed by atoms with Crippen LogP contribution < -0.4 is 5.73 Å². The molecule has 2 aliphatic rings. The van der Waals surface area contributed by atoms with Crippen molar-refractivity contribution in [1.29, 1.82) is 0 Å². The lowest BCUT2D eigenvalue weighted by Crippen LogP contribution is -2.56. The summed E-state index contributed by atoms with van der Waals surface area (Å²) in [5, 5.41) is 7.47. The normalized spacial score (nSPS) is 29.5. The summed E-state index contributed by atoms with van der Waals surface area (Å²) in [6.45, 7) is 4.35. The first-order valence-corrected chi connectivity index (χ1v) is 8.59. The molecule has 7 nitrogen and oxygen atoms in total. The van der Waals surface area contributed by atoms with Gasteiger partial charge in [-0.25, -0.2) is 8.42 Å². The molecular formula is C10H17N5O2S2. The van der Waals surface area contributed by atoms with Gasteiger partial charge in [-0.1, -0.05) is 11.3 Å². The number of aromatic nitrogens is 2. The van der Waals surface area contributed by atoms with Crippen LogP contribution in [-0.2, 0) is 10.0 Å². The van der Waals surface area contributed by atoms with Gasteiger partial charge in [0.15, 0.2) is 0 Å². The number of hydrogen-bond acceptors (Lipinski definition) is 7. The van der Waals surface area contributed by atoms with E-state index >= 15 is 0 Å². The van der Waals surface area contributed by atoms with E-state index in [0.717, 1.165) is 37.3 Å². The van der Waals surface area contributed by atoms with Crippen molar-refractivity contribution in [2.45, 2.75) is 36.2 Å². The number of nitrogens with zero attached hydrogens (tertiary/aromatic N) is 4. The van der Waals surface area contributed by atoms with Gasteiger partial charge in [0.1, 0.15) is 0 Å². The molecule has 0 radical (unpaired) electrons. The van der Waals surface area contributed by atoms with E-state index in [1.165, 1.54) is 0 Å². The van der Waals surface area contributed by atoms with E-state index in [0.29, 0.717) is 12.6 Å². The van der Waals surface area contributed by atoms with Crippen LogP contribution in [0.5, 0.6) is 0 Å². The van der Waals surface area contributed by atoms with Crippen LogP contribution in [0.2, 0.25) is 0 Å². The predicted octanol–water partition coefficient (Wildman–Crippen LogP) is -0.0225. The summed E-state index contributed by atoms with van der Waals surface area (Å²) in [6, 6.07) is 0.306. The van der Waals surface area contributed by atoms with Crippen LogP contribution in [0.4, 0.5) is 5.13 Å². The Bertz CT molecular complexity index is 572. The van der Waals surface area contributed by atoms with Crippen molar-refractivity contribution in [1.82, 2.24) is 19.4 Å². The maximum atomic E-state index is 12.6. The summed E-state index contributed by atoms with van der Waals surface area (Å²) in [4.78, 5) is 2.38. The Kier molecular flexibility index (Phi) is 3.24. The molecule has 106 valence electrons. The largest absolute Gasteiger partial charge is 0.374 e. The van der Waals surface area contributed by atoms with Gasteiger partial charge in [-0.3, -0.25) is 4.90 Å². The molecule has 3 rings (SSSR count). The third kappa shape index (κ3) is 2.24. The van der Waals surface area contributed by atoms with E-state index < -0.39 is 10.0 Å². The summed E-state index contributed by atoms with van der Waals surface area (Å²) < 4.78 is 26.7. The van der Waals surface area contributed by atoms with Crippen LogP contribution in [0.25, 0.3) is 0 Å². The van der Waals surface area contributed by atoms with Gasteiger partial charge >= 0.3 is 0 Å². The molecule has 0 bridgehead atoms. The van der Waals surface area contributed by atoms with Crippen LogP contribution in [0, 0.1) is 0 Å². The van der Waals surface area contributed by atoms with Crippen LogP contribution in [0.3, 0.4) is 0 Å². The molecule has 2 fully saturated rings. The summed E-state index contributed by atoms with van der Waals surface area (Å²) in [7, 11) is -3.56. The second kappa shape index (κ2) is 4.65. The first-order valence-electron chi connectivity index (χ1n) is 6.33. The molecule has 1 aromatic rings. The van der Waals surface area contributed by atoms with Crippen LogP contribution in [-0.4, -0.2) is 59.5 Å². The van der Waals surface area contributed by atoms with Crippen LogP contribution >= 0.6 is 11.3 Å². The standard InChI is InChI=1S/C10H17N5O2S2/c1-7-5-14-4-2-3-8(14)6-15(7)19(16,17)10-13-12-9(11)18-10/h7-8H,2-6H2,1H3,(H2,11,12). The van der Waals surface area contributed by atoms with Crippen molar-refractivity contribution in [3.05, 3.63) is 0 Å². The van der Waals surface area contributed by atoms with E-state index in [-0.39, 0.29) is 15.5 Å². The van der Waals surface area contributed by atoms with Crippen molar-refractivity contribution < 1.29 is 8.42 Å². The monoisotopic (exact) mass is 303 g/mol. The molecule has 1 aromatic heterocycles.